The van der Waals surface area contributed by atoms with Gasteiger partial charge in [-0.2, -0.15) is 0 Å². The molecule has 1 saturated heterocycles. The van der Waals surface area contributed by atoms with E-state index < -0.39 is 21.8 Å². The number of carbonyl (C=O) groups is 2. The Hall–Kier alpha value is -1.89. The first kappa shape index (κ1) is 17.9. The number of rotatable bonds is 4. The predicted molar refractivity (Wildman–Crippen MR) is 93.3 cm³/mol. The summed E-state index contributed by atoms with van der Waals surface area (Å²) in [5, 5.41) is 0. The molecule has 0 bridgehead atoms. The number of likely N-dealkylation sites (tertiary alicyclic amines) is 1. The number of hydrogen-bond donors (Lipinski definition) is 1. The molecule has 1 aromatic rings. The minimum absolute atomic E-state index is 0.106. The van der Waals surface area contributed by atoms with Gasteiger partial charge in [0.05, 0.1) is 10.8 Å². The maximum atomic E-state index is 12.5. The number of nitrogens with one attached hydrogen (secondary N) is 1. The third kappa shape index (κ3) is 4.03. The van der Waals surface area contributed by atoms with Gasteiger partial charge in [0.25, 0.3) is 10.0 Å². The lowest BCUT2D eigenvalue weighted by Crippen LogP contribution is -2.47. The molecule has 3 rings (SSSR count). The summed E-state index contributed by atoms with van der Waals surface area (Å²) in [6.07, 6.45) is 3.17. The number of carbonyl (C=O) groups excluding carboxylic acids is 2. The molecular weight excluding hydrogens is 340 g/mol. The molecule has 1 aliphatic carbocycles. The van der Waals surface area contributed by atoms with Crippen LogP contribution in [-0.2, 0) is 19.6 Å². The zero-order chi connectivity index (χ0) is 18.2. The smallest absolute Gasteiger partial charge is 0.264 e. The van der Waals surface area contributed by atoms with Gasteiger partial charge in [-0.25, -0.2) is 13.1 Å². The minimum atomic E-state index is -3.90. The average Bonchev–Trinajstić information content (AvgIpc) is 3.38. The van der Waals surface area contributed by atoms with Crippen LogP contribution < -0.4 is 4.72 Å². The molecule has 0 spiro atoms. The van der Waals surface area contributed by atoms with E-state index in [1.165, 1.54) is 6.07 Å². The van der Waals surface area contributed by atoms with Crippen LogP contribution in [0.2, 0.25) is 0 Å². The van der Waals surface area contributed by atoms with Gasteiger partial charge in [-0.1, -0.05) is 17.7 Å². The highest BCUT2D eigenvalue weighted by atomic mass is 32.2. The van der Waals surface area contributed by atoms with Crippen molar-refractivity contribution in [3.05, 3.63) is 29.3 Å². The molecule has 6 nitrogen and oxygen atoms in total. The maximum Gasteiger partial charge on any atom is 0.264 e. The Morgan fingerprint density at radius 2 is 1.84 bits per heavy atom. The largest absolute Gasteiger partial charge is 0.342 e. The van der Waals surface area contributed by atoms with Crippen LogP contribution in [-0.4, -0.2) is 38.2 Å². The average molecular weight is 364 g/mol. The van der Waals surface area contributed by atoms with Crippen LogP contribution in [0.1, 0.15) is 36.8 Å². The second-order valence-electron chi connectivity index (χ2n) is 7.14. The second kappa shape index (κ2) is 6.78. The highest BCUT2D eigenvalue weighted by Crippen LogP contribution is 2.32. The van der Waals surface area contributed by atoms with Gasteiger partial charge in [-0.05, 0) is 51.2 Å². The summed E-state index contributed by atoms with van der Waals surface area (Å²) < 4.78 is 27.3. The molecule has 2 amide bonds. The number of amides is 2. The Morgan fingerprint density at radius 1 is 1.12 bits per heavy atom. The Balaban J connectivity index is 1.69. The molecule has 1 unspecified atom stereocenters. The number of benzene rings is 1. The zero-order valence-electron chi connectivity index (χ0n) is 14.6. The van der Waals surface area contributed by atoms with Crippen LogP contribution in [0, 0.1) is 25.7 Å². The van der Waals surface area contributed by atoms with Crippen LogP contribution in [0.3, 0.4) is 0 Å². The number of sulfonamides is 1. The van der Waals surface area contributed by atoms with Crippen molar-refractivity contribution in [2.24, 2.45) is 11.8 Å². The van der Waals surface area contributed by atoms with Crippen molar-refractivity contribution in [2.45, 2.75) is 44.4 Å². The first-order chi connectivity index (χ1) is 11.8. The fourth-order valence-electron chi connectivity index (χ4n) is 3.35. The van der Waals surface area contributed by atoms with Gasteiger partial charge in [0.2, 0.25) is 11.8 Å². The molecule has 2 fully saturated rings. The Morgan fingerprint density at radius 3 is 2.48 bits per heavy atom. The normalized spacial score (nSPS) is 21.0. The van der Waals surface area contributed by atoms with Crippen LogP contribution in [0.4, 0.5) is 0 Å². The topological polar surface area (TPSA) is 83.6 Å². The van der Waals surface area contributed by atoms with Crippen LogP contribution in [0.5, 0.6) is 0 Å². The van der Waals surface area contributed by atoms with Gasteiger partial charge in [-0.15, -0.1) is 0 Å². The number of aryl methyl sites for hydroxylation is 2. The van der Waals surface area contributed by atoms with E-state index in [2.05, 4.69) is 4.72 Å². The van der Waals surface area contributed by atoms with E-state index in [0.29, 0.717) is 25.1 Å². The molecule has 25 heavy (non-hydrogen) atoms. The maximum absolute atomic E-state index is 12.5. The highest BCUT2D eigenvalue weighted by Gasteiger charge is 2.37. The van der Waals surface area contributed by atoms with E-state index in [-0.39, 0.29) is 16.7 Å². The molecule has 1 aliphatic heterocycles. The van der Waals surface area contributed by atoms with E-state index in [1.54, 1.807) is 24.0 Å². The molecule has 1 saturated carbocycles. The standard InChI is InChI=1S/C18H24N2O4S/c1-12-5-8-16(13(2)10-12)25(23,24)19-17(21)15-4-3-9-20(11-15)18(22)14-6-7-14/h5,8,10,14-15H,3-4,6-7,9,11H2,1-2H3,(H,19,21). The lowest BCUT2D eigenvalue weighted by Gasteiger charge is -2.32. The number of nitrogens with zero attached hydrogens (tertiary/aromatic N) is 1. The molecule has 2 aliphatic rings. The summed E-state index contributed by atoms with van der Waals surface area (Å²) in [6.45, 7) is 4.56. The highest BCUT2D eigenvalue weighted by molar-refractivity contribution is 7.90. The first-order valence-electron chi connectivity index (χ1n) is 8.70. The van der Waals surface area contributed by atoms with E-state index in [0.717, 1.165) is 24.8 Å². The van der Waals surface area contributed by atoms with Crippen molar-refractivity contribution >= 4 is 21.8 Å². The molecule has 1 aromatic carbocycles. The Kier molecular flexibility index (Phi) is 4.86. The quantitative estimate of drug-likeness (QED) is 0.882. The van der Waals surface area contributed by atoms with Crippen molar-refractivity contribution in [1.82, 2.24) is 9.62 Å². The van der Waals surface area contributed by atoms with Gasteiger partial charge >= 0.3 is 0 Å². The predicted octanol–water partition coefficient (Wildman–Crippen LogP) is 1.76. The third-order valence-electron chi connectivity index (χ3n) is 4.89. The van der Waals surface area contributed by atoms with Gasteiger partial charge < -0.3 is 4.90 Å². The van der Waals surface area contributed by atoms with Crippen molar-refractivity contribution in [3.8, 4) is 0 Å². The molecule has 0 radical (unpaired) electrons. The monoisotopic (exact) mass is 364 g/mol. The summed E-state index contributed by atoms with van der Waals surface area (Å²) in [4.78, 5) is 26.5. The Bertz CT molecular complexity index is 799. The molecular formula is C18H24N2O4S. The molecule has 1 heterocycles. The van der Waals surface area contributed by atoms with Crippen molar-refractivity contribution in [3.63, 3.8) is 0 Å². The fourth-order valence-corrected chi connectivity index (χ4v) is 4.62. The van der Waals surface area contributed by atoms with Crippen molar-refractivity contribution in [1.29, 1.82) is 0 Å². The SMILES string of the molecule is Cc1ccc(S(=O)(=O)NC(=O)C2CCCN(C(=O)C3CC3)C2)c(C)c1. The zero-order valence-corrected chi connectivity index (χ0v) is 15.4. The van der Waals surface area contributed by atoms with E-state index in [9.17, 15) is 18.0 Å². The lowest BCUT2D eigenvalue weighted by molar-refractivity contribution is -0.136. The molecule has 7 heteroatoms. The Labute approximate surface area is 148 Å². The fraction of sp³-hybridized carbons (Fsp3) is 0.556. The first-order valence-corrected chi connectivity index (χ1v) is 10.2. The van der Waals surface area contributed by atoms with Gasteiger partial charge in [0.1, 0.15) is 0 Å². The summed E-state index contributed by atoms with van der Waals surface area (Å²) >= 11 is 0. The van der Waals surface area contributed by atoms with Gasteiger partial charge in [-0.3, -0.25) is 9.59 Å². The number of hydrogen-bond acceptors (Lipinski definition) is 4. The van der Waals surface area contributed by atoms with Crippen LogP contribution >= 0.6 is 0 Å². The third-order valence-corrected chi connectivity index (χ3v) is 6.39. The molecule has 136 valence electrons. The van der Waals surface area contributed by atoms with Crippen LogP contribution in [0.25, 0.3) is 0 Å². The van der Waals surface area contributed by atoms with Gasteiger partial charge in [0, 0.05) is 19.0 Å². The van der Waals surface area contributed by atoms with E-state index in [1.807, 2.05) is 6.92 Å². The summed E-state index contributed by atoms with van der Waals surface area (Å²) in [5.41, 5.74) is 1.57. The lowest BCUT2D eigenvalue weighted by atomic mass is 9.97. The van der Waals surface area contributed by atoms with Crippen LogP contribution in [0.15, 0.2) is 23.1 Å². The van der Waals surface area contributed by atoms with Crippen molar-refractivity contribution in [2.75, 3.05) is 13.1 Å². The molecule has 1 atom stereocenters. The van der Waals surface area contributed by atoms with Gasteiger partial charge in [0.15, 0.2) is 0 Å². The minimum Gasteiger partial charge on any atom is -0.342 e. The number of piperidine rings is 1. The summed E-state index contributed by atoms with van der Waals surface area (Å²) in [7, 11) is -3.90. The van der Waals surface area contributed by atoms with E-state index in [4.69, 9.17) is 0 Å². The molecule has 1 N–H and O–H groups in total. The van der Waals surface area contributed by atoms with Crippen molar-refractivity contribution < 1.29 is 18.0 Å². The summed E-state index contributed by atoms with van der Waals surface area (Å²) in [5.74, 6) is -0.777. The summed E-state index contributed by atoms with van der Waals surface area (Å²) in [6, 6.07) is 5.00. The molecule has 0 aromatic heterocycles. The second-order valence-corrected chi connectivity index (χ2v) is 8.79. The van der Waals surface area contributed by atoms with E-state index >= 15 is 0 Å².